The second-order valence-electron chi connectivity index (χ2n) is 9.32. The Bertz CT molecular complexity index is 1230. The van der Waals surface area contributed by atoms with Gasteiger partial charge >= 0.3 is 0 Å². The molecule has 1 amide bonds. The van der Waals surface area contributed by atoms with Crippen molar-refractivity contribution in [3.63, 3.8) is 0 Å². The number of aryl methyl sites for hydroxylation is 2. The van der Waals surface area contributed by atoms with Crippen LogP contribution in [0.5, 0.6) is 0 Å². The minimum Gasteiger partial charge on any atom is -0.356 e. The predicted molar refractivity (Wildman–Crippen MR) is 133 cm³/mol. The number of aromatic nitrogens is 5. The van der Waals surface area contributed by atoms with Gasteiger partial charge in [0.25, 0.3) is 5.56 Å². The summed E-state index contributed by atoms with van der Waals surface area (Å²) in [6.07, 6.45) is 11.4. The summed E-state index contributed by atoms with van der Waals surface area (Å²) in [6, 6.07) is 8.20. The van der Waals surface area contributed by atoms with E-state index in [0.717, 1.165) is 42.5 Å². The third-order valence-electron chi connectivity index (χ3n) is 6.88. The zero-order valence-electron chi connectivity index (χ0n) is 19.7. The number of fused-ring (bicyclic) bond motifs is 1. The van der Waals surface area contributed by atoms with Gasteiger partial charge in [-0.15, -0.1) is 10.2 Å². The van der Waals surface area contributed by atoms with Gasteiger partial charge in [-0.25, -0.2) is 4.98 Å². The van der Waals surface area contributed by atoms with E-state index in [1.54, 1.807) is 11.8 Å². The molecule has 180 valence electrons. The number of rotatable bonds is 10. The second-order valence-corrected chi connectivity index (χ2v) is 10.1. The van der Waals surface area contributed by atoms with Gasteiger partial charge in [-0.1, -0.05) is 36.7 Å². The van der Waals surface area contributed by atoms with Crippen LogP contribution in [-0.2, 0) is 17.6 Å². The van der Waals surface area contributed by atoms with Gasteiger partial charge in [-0.3, -0.25) is 14.2 Å². The van der Waals surface area contributed by atoms with Crippen LogP contribution in [0, 0.1) is 0 Å². The van der Waals surface area contributed by atoms with Gasteiger partial charge in [0.1, 0.15) is 11.6 Å². The summed E-state index contributed by atoms with van der Waals surface area (Å²) >= 11 is 1.65. The highest BCUT2D eigenvalue weighted by Crippen LogP contribution is 2.35. The maximum Gasteiger partial charge on any atom is 0.261 e. The van der Waals surface area contributed by atoms with Crippen LogP contribution < -0.4 is 10.9 Å². The van der Waals surface area contributed by atoms with Gasteiger partial charge in [0, 0.05) is 37.9 Å². The Hall–Kier alpha value is -2.68. The van der Waals surface area contributed by atoms with Gasteiger partial charge < -0.3 is 9.88 Å². The van der Waals surface area contributed by atoms with Gasteiger partial charge in [-0.2, -0.15) is 0 Å². The van der Waals surface area contributed by atoms with Gasteiger partial charge in [-0.05, 0) is 50.5 Å². The number of carbonyl (C=O) groups excluding carboxylic acids is 1. The van der Waals surface area contributed by atoms with E-state index in [0.29, 0.717) is 36.3 Å². The van der Waals surface area contributed by atoms with E-state index in [2.05, 4.69) is 20.1 Å². The minimum absolute atomic E-state index is 0.00758. The normalized spacial score (nSPS) is 16.4. The molecule has 2 fully saturated rings. The SMILES string of the molecule is CSc1nnc(CCCNC(=O)CCc2nc3ccccc3c(=O)n2C2CC2)n1C1CCCC1. The lowest BCUT2D eigenvalue weighted by Gasteiger charge is -2.16. The van der Waals surface area contributed by atoms with Crippen molar-refractivity contribution in [3.05, 3.63) is 46.3 Å². The van der Waals surface area contributed by atoms with E-state index in [9.17, 15) is 9.59 Å². The van der Waals surface area contributed by atoms with Crippen molar-refractivity contribution in [2.75, 3.05) is 12.8 Å². The number of nitrogens with zero attached hydrogens (tertiary/aromatic N) is 5. The Morgan fingerprint density at radius 2 is 1.79 bits per heavy atom. The highest BCUT2D eigenvalue weighted by molar-refractivity contribution is 7.98. The van der Waals surface area contributed by atoms with Crippen LogP contribution in [0.1, 0.15) is 75.1 Å². The third kappa shape index (κ3) is 4.89. The van der Waals surface area contributed by atoms with Crippen molar-refractivity contribution < 1.29 is 4.79 Å². The predicted octanol–water partition coefficient (Wildman–Crippen LogP) is 3.84. The molecule has 0 aliphatic heterocycles. The first kappa shape index (κ1) is 23.1. The number of hydrogen-bond donors (Lipinski definition) is 1. The number of amides is 1. The topological polar surface area (TPSA) is 94.7 Å². The molecule has 2 aromatic heterocycles. The standard InChI is InChI=1S/C25H32N6O2S/c1-34-25-29-28-22(31(25)17-7-2-3-8-17)11-6-16-26-23(32)15-14-21-27-20-10-5-4-9-19(20)24(33)30(21)18-12-13-18/h4-5,9-10,17-18H,2-3,6-8,11-16H2,1H3,(H,26,32). The van der Waals surface area contributed by atoms with Crippen molar-refractivity contribution in [2.45, 2.75) is 81.4 Å². The maximum atomic E-state index is 13.0. The smallest absolute Gasteiger partial charge is 0.261 e. The van der Waals surface area contributed by atoms with E-state index in [4.69, 9.17) is 4.98 Å². The summed E-state index contributed by atoms with van der Waals surface area (Å²) in [6.45, 7) is 0.603. The largest absolute Gasteiger partial charge is 0.356 e. The van der Waals surface area contributed by atoms with E-state index in [1.165, 1.54) is 25.7 Å². The number of carbonyl (C=O) groups is 1. The Balaban J connectivity index is 1.16. The molecule has 8 nitrogen and oxygen atoms in total. The molecule has 0 saturated heterocycles. The summed E-state index contributed by atoms with van der Waals surface area (Å²) in [5, 5.41) is 13.5. The average Bonchev–Trinajstić information content (AvgIpc) is 3.37. The molecule has 0 spiro atoms. The van der Waals surface area contributed by atoms with Gasteiger partial charge in [0.15, 0.2) is 5.16 Å². The number of nitrogens with one attached hydrogen (secondary N) is 1. The monoisotopic (exact) mass is 480 g/mol. The molecule has 0 radical (unpaired) electrons. The molecular formula is C25H32N6O2S. The molecule has 2 aliphatic carbocycles. The van der Waals surface area contributed by atoms with Crippen LogP contribution in [0.2, 0.25) is 0 Å². The molecule has 5 rings (SSSR count). The fraction of sp³-hybridized carbons (Fsp3) is 0.560. The quantitative estimate of drug-likeness (QED) is 0.350. The molecule has 0 bridgehead atoms. The lowest BCUT2D eigenvalue weighted by molar-refractivity contribution is -0.121. The van der Waals surface area contributed by atoms with E-state index in [1.807, 2.05) is 35.1 Å². The zero-order chi connectivity index (χ0) is 23.5. The molecule has 2 saturated carbocycles. The minimum atomic E-state index is -0.00758. The van der Waals surface area contributed by atoms with E-state index in [-0.39, 0.29) is 17.5 Å². The fourth-order valence-corrected chi connectivity index (χ4v) is 5.59. The molecule has 2 heterocycles. The maximum absolute atomic E-state index is 13.0. The van der Waals surface area contributed by atoms with Crippen LogP contribution in [-0.4, -0.2) is 43.0 Å². The molecular weight excluding hydrogens is 448 g/mol. The average molecular weight is 481 g/mol. The first-order valence-electron chi connectivity index (χ1n) is 12.4. The number of hydrogen-bond acceptors (Lipinski definition) is 6. The van der Waals surface area contributed by atoms with Crippen molar-refractivity contribution >= 4 is 28.6 Å². The first-order valence-corrected chi connectivity index (χ1v) is 13.6. The van der Waals surface area contributed by atoms with E-state index < -0.39 is 0 Å². The second kappa shape index (κ2) is 10.3. The van der Waals surface area contributed by atoms with Gasteiger partial charge in [0.2, 0.25) is 5.91 Å². The summed E-state index contributed by atoms with van der Waals surface area (Å²) < 4.78 is 4.14. The molecule has 2 aliphatic rings. The molecule has 1 N–H and O–H groups in total. The number of thioether (sulfide) groups is 1. The van der Waals surface area contributed by atoms with Crippen LogP contribution in [0.4, 0.5) is 0 Å². The molecule has 3 aromatic rings. The fourth-order valence-electron chi connectivity index (χ4n) is 5.01. The Morgan fingerprint density at radius 1 is 1.03 bits per heavy atom. The van der Waals surface area contributed by atoms with E-state index >= 15 is 0 Å². The summed E-state index contributed by atoms with van der Waals surface area (Å²) in [5.41, 5.74) is 0.718. The lowest BCUT2D eigenvalue weighted by Crippen LogP contribution is -2.28. The number of para-hydroxylation sites is 1. The van der Waals surface area contributed by atoms with Gasteiger partial charge in [0.05, 0.1) is 10.9 Å². The van der Waals surface area contributed by atoms with Crippen molar-refractivity contribution in [2.24, 2.45) is 0 Å². The molecule has 1 aromatic carbocycles. The summed E-state index contributed by atoms with van der Waals surface area (Å²) in [4.78, 5) is 30.2. The lowest BCUT2D eigenvalue weighted by atomic mass is 10.2. The zero-order valence-corrected chi connectivity index (χ0v) is 20.5. The number of benzene rings is 1. The van der Waals surface area contributed by atoms with Crippen molar-refractivity contribution in [1.82, 2.24) is 29.6 Å². The highest BCUT2D eigenvalue weighted by Gasteiger charge is 2.28. The third-order valence-corrected chi connectivity index (χ3v) is 7.52. The van der Waals surface area contributed by atoms with Crippen LogP contribution in [0.15, 0.2) is 34.2 Å². The van der Waals surface area contributed by atoms with Crippen LogP contribution in [0.3, 0.4) is 0 Å². The Morgan fingerprint density at radius 3 is 2.56 bits per heavy atom. The summed E-state index contributed by atoms with van der Waals surface area (Å²) in [5.74, 6) is 1.74. The molecule has 0 unspecified atom stereocenters. The van der Waals surface area contributed by atoms with Crippen molar-refractivity contribution in [1.29, 1.82) is 0 Å². The van der Waals surface area contributed by atoms with Crippen LogP contribution in [0.25, 0.3) is 10.9 Å². The first-order chi connectivity index (χ1) is 16.7. The Kier molecular flexibility index (Phi) is 6.99. The summed E-state index contributed by atoms with van der Waals surface area (Å²) in [7, 11) is 0. The highest BCUT2D eigenvalue weighted by atomic mass is 32.2. The molecule has 0 atom stereocenters. The Labute approximate surface area is 203 Å². The molecule has 34 heavy (non-hydrogen) atoms. The van der Waals surface area contributed by atoms with Crippen molar-refractivity contribution in [3.8, 4) is 0 Å². The molecule has 9 heteroatoms. The van der Waals surface area contributed by atoms with Crippen LogP contribution >= 0.6 is 11.8 Å².